The molecule has 0 saturated carbocycles. The van der Waals surface area contributed by atoms with Crippen LogP contribution in [0.15, 0.2) is 35.5 Å². The number of halogens is 1. The van der Waals surface area contributed by atoms with E-state index in [2.05, 4.69) is 21.1 Å². The van der Waals surface area contributed by atoms with Crippen molar-refractivity contribution in [1.29, 1.82) is 0 Å². The molecule has 0 aromatic heterocycles. The average Bonchev–Trinajstić information content (AvgIpc) is 2.91. The van der Waals surface area contributed by atoms with Crippen LogP contribution in [0.4, 0.5) is 0 Å². The van der Waals surface area contributed by atoms with Gasteiger partial charge in [0.2, 0.25) is 0 Å². The first-order valence-corrected chi connectivity index (χ1v) is 6.33. The summed E-state index contributed by atoms with van der Waals surface area (Å²) >= 11 is 3.64. The largest absolute Gasteiger partial charge is 0.358 e. The van der Waals surface area contributed by atoms with Gasteiger partial charge in [0.05, 0.1) is 6.61 Å². The minimum atomic E-state index is -0.564. The molecule has 1 fully saturated rings. The Hall–Kier alpha value is -0.870. The molecule has 0 bridgehead atoms. The maximum atomic E-state index is 5.68. The Bertz CT molecular complexity index is 412. The molecule has 1 aromatic carbocycles. The lowest BCUT2D eigenvalue weighted by atomic mass is 10.0. The van der Waals surface area contributed by atoms with Gasteiger partial charge in [0, 0.05) is 12.0 Å². The van der Waals surface area contributed by atoms with E-state index in [-0.39, 0.29) is 4.83 Å². The van der Waals surface area contributed by atoms with Crippen LogP contribution in [0, 0.1) is 0 Å². The van der Waals surface area contributed by atoms with Crippen molar-refractivity contribution < 1.29 is 9.57 Å². The van der Waals surface area contributed by atoms with E-state index in [0.717, 1.165) is 30.7 Å². The van der Waals surface area contributed by atoms with Crippen LogP contribution in [0.2, 0.25) is 0 Å². The normalized spacial score (nSPS) is 32.8. The van der Waals surface area contributed by atoms with Crippen molar-refractivity contribution in [3.05, 3.63) is 35.9 Å². The minimum absolute atomic E-state index is 0.0184. The zero-order chi connectivity index (χ0) is 11.0. The molecule has 4 heteroatoms. The van der Waals surface area contributed by atoms with E-state index in [1.807, 2.05) is 30.3 Å². The monoisotopic (exact) mass is 281 g/mol. The van der Waals surface area contributed by atoms with Crippen molar-refractivity contribution in [1.82, 2.24) is 0 Å². The van der Waals surface area contributed by atoms with Gasteiger partial charge >= 0.3 is 0 Å². The summed E-state index contributed by atoms with van der Waals surface area (Å²) in [6, 6.07) is 10.1. The topological polar surface area (TPSA) is 30.8 Å². The fourth-order valence-electron chi connectivity index (χ4n) is 2.14. The van der Waals surface area contributed by atoms with Crippen LogP contribution in [0.3, 0.4) is 0 Å². The Morgan fingerprint density at radius 3 is 2.81 bits per heavy atom. The summed E-state index contributed by atoms with van der Waals surface area (Å²) in [5.41, 5.74) is 2.00. The second-order valence-corrected chi connectivity index (χ2v) is 4.98. The quantitative estimate of drug-likeness (QED) is 0.741. The highest BCUT2D eigenvalue weighted by atomic mass is 79.9. The summed E-state index contributed by atoms with van der Waals surface area (Å²) in [7, 11) is 0. The fourth-order valence-corrected chi connectivity index (χ4v) is 2.94. The maximum absolute atomic E-state index is 5.68. The molecule has 0 unspecified atom stereocenters. The van der Waals surface area contributed by atoms with Crippen LogP contribution >= 0.6 is 15.9 Å². The predicted octanol–water partition coefficient (Wildman–Crippen LogP) is 2.69. The van der Waals surface area contributed by atoms with E-state index >= 15 is 0 Å². The van der Waals surface area contributed by atoms with Crippen molar-refractivity contribution in [3.63, 3.8) is 0 Å². The van der Waals surface area contributed by atoms with E-state index in [1.54, 1.807) is 0 Å². The van der Waals surface area contributed by atoms with Gasteiger partial charge in [-0.05, 0) is 6.42 Å². The molecular formula is C12H12BrNO2. The van der Waals surface area contributed by atoms with Crippen LogP contribution in [-0.4, -0.2) is 22.9 Å². The maximum Gasteiger partial charge on any atom is 0.255 e. The Balaban J connectivity index is 1.89. The van der Waals surface area contributed by atoms with Crippen molar-refractivity contribution in [2.24, 2.45) is 5.16 Å². The van der Waals surface area contributed by atoms with Gasteiger partial charge in [-0.25, -0.2) is 0 Å². The molecular weight excluding hydrogens is 270 g/mol. The van der Waals surface area contributed by atoms with Gasteiger partial charge in [-0.2, -0.15) is 0 Å². The van der Waals surface area contributed by atoms with Gasteiger partial charge in [-0.3, -0.25) is 0 Å². The average molecular weight is 282 g/mol. The molecule has 0 radical (unpaired) electrons. The number of hydrogen-bond donors (Lipinski definition) is 0. The molecule has 2 aliphatic heterocycles. The van der Waals surface area contributed by atoms with Crippen LogP contribution in [-0.2, 0) is 9.57 Å². The molecule has 3 nitrogen and oxygen atoms in total. The summed E-state index contributed by atoms with van der Waals surface area (Å²) in [4.78, 5) is 5.52. The molecule has 0 aliphatic carbocycles. The van der Waals surface area contributed by atoms with Crippen LogP contribution < -0.4 is 0 Å². The number of hydrogen-bond acceptors (Lipinski definition) is 3. The van der Waals surface area contributed by atoms with Gasteiger partial charge in [0.15, 0.2) is 0 Å². The first kappa shape index (κ1) is 10.3. The lowest BCUT2D eigenvalue weighted by molar-refractivity contribution is -0.188. The molecule has 1 aromatic rings. The van der Waals surface area contributed by atoms with E-state index < -0.39 is 5.79 Å². The van der Waals surface area contributed by atoms with Crippen LogP contribution in [0.1, 0.15) is 18.4 Å². The lowest BCUT2D eigenvalue weighted by Crippen LogP contribution is -2.39. The third-order valence-electron chi connectivity index (χ3n) is 3.01. The van der Waals surface area contributed by atoms with Gasteiger partial charge in [-0.1, -0.05) is 51.4 Å². The van der Waals surface area contributed by atoms with Gasteiger partial charge in [0.25, 0.3) is 5.79 Å². The number of nitrogens with zero attached hydrogens (tertiary/aromatic N) is 1. The highest BCUT2D eigenvalue weighted by Gasteiger charge is 2.51. The Labute approximate surface area is 103 Å². The molecule has 2 aliphatic rings. The van der Waals surface area contributed by atoms with E-state index in [0.29, 0.717) is 0 Å². The Morgan fingerprint density at radius 1 is 1.31 bits per heavy atom. The predicted molar refractivity (Wildman–Crippen MR) is 64.7 cm³/mol. The number of alkyl halides is 1. The van der Waals surface area contributed by atoms with Crippen molar-refractivity contribution in [2.75, 3.05) is 6.61 Å². The van der Waals surface area contributed by atoms with Crippen molar-refractivity contribution in [2.45, 2.75) is 23.5 Å². The summed E-state index contributed by atoms with van der Waals surface area (Å²) < 4.78 is 5.68. The highest BCUT2D eigenvalue weighted by Crippen LogP contribution is 2.40. The van der Waals surface area contributed by atoms with E-state index in [4.69, 9.17) is 9.57 Å². The van der Waals surface area contributed by atoms with Gasteiger partial charge in [0.1, 0.15) is 10.5 Å². The first-order valence-electron chi connectivity index (χ1n) is 5.41. The number of oxime groups is 1. The fraction of sp³-hybridized carbons (Fsp3) is 0.417. The molecule has 2 heterocycles. The standard InChI is InChI=1S/C12H12BrNO2/c13-11-10(9-5-2-1-3-6-9)14-16-12(11)7-4-8-15-12/h1-3,5-6,11H,4,7-8H2/t11-,12-/m0/s1. The Kier molecular flexibility index (Phi) is 2.48. The highest BCUT2D eigenvalue weighted by molar-refractivity contribution is 9.10. The van der Waals surface area contributed by atoms with Crippen LogP contribution in [0.5, 0.6) is 0 Å². The Morgan fingerprint density at radius 2 is 2.12 bits per heavy atom. The second kappa shape index (κ2) is 3.86. The molecule has 1 spiro atoms. The summed E-state index contributed by atoms with van der Waals surface area (Å²) in [5, 5.41) is 4.17. The summed E-state index contributed by atoms with van der Waals surface area (Å²) in [6.45, 7) is 0.750. The lowest BCUT2D eigenvalue weighted by Gasteiger charge is -2.23. The van der Waals surface area contributed by atoms with Crippen molar-refractivity contribution in [3.8, 4) is 0 Å². The number of ether oxygens (including phenoxy) is 1. The van der Waals surface area contributed by atoms with E-state index in [1.165, 1.54) is 0 Å². The number of benzene rings is 1. The zero-order valence-corrected chi connectivity index (χ0v) is 10.3. The summed E-state index contributed by atoms with van der Waals surface area (Å²) in [6.07, 6.45) is 1.92. The molecule has 0 amide bonds. The van der Waals surface area contributed by atoms with E-state index in [9.17, 15) is 0 Å². The zero-order valence-electron chi connectivity index (χ0n) is 8.73. The SMILES string of the molecule is Br[C@H]1C(c2ccccc2)=NO[C@@]12CCCO2. The number of rotatable bonds is 1. The third kappa shape index (κ3) is 1.48. The summed E-state index contributed by atoms with van der Waals surface area (Å²) in [5.74, 6) is -0.564. The van der Waals surface area contributed by atoms with Crippen molar-refractivity contribution >= 4 is 21.6 Å². The van der Waals surface area contributed by atoms with Gasteiger partial charge < -0.3 is 9.57 Å². The minimum Gasteiger partial charge on any atom is -0.358 e. The molecule has 1 saturated heterocycles. The first-order chi connectivity index (χ1) is 7.82. The second-order valence-electron chi connectivity index (χ2n) is 4.06. The molecule has 16 heavy (non-hydrogen) atoms. The molecule has 0 N–H and O–H groups in total. The smallest absolute Gasteiger partial charge is 0.255 e. The third-order valence-corrected chi connectivity index (χ3v) is 4.14. The molecule has 3 rings (SSSR count). The molecule has 84 valence electrons. The molecule has 2 atom stereocenters. The van der Waals surface area contributed by atoms with Crippen LogP contribution in [0.25, 0.3) is 0 Å². The van der Waals surface area contributed by atoms with Gasteiger partial charge in [-0.15, -0.1) is 0 Å².